The highest BCUT2D eigenvalue weighted by molar-refractivity contribution is 5.84. The van der Waals surface area contributed by atoms with Gasteiger partial charge in [-0.25, -0.2) is 4.39 Å². The van der Waals surface area contributed by atoms with E-state index in [0.717, 1.165) is 26.2 Å². The maximum Gasteiger partial charge on any atom is 0.244 e. The van der Waals surface area contributed by atoms with E-state index in [1.807, 2.05) is 4.90 Å². The Balaban J connectivity index is 1.83. The molecule has 0 spiro atoms. The van der Waals surface area contributed by atoms with Gasteiger partial charge in [0.2, 0.25) is 5.91 Å². The first-order chi connectivity index (χ1) is 9.16. The lowest BCUT2D eigenvalue weighted by Gasteiger charge is -2.45. The van der Waals surface area contributed by atoms with Crippen molar-refractivity contribution < 1.29 is 9.18 Å². The van der Waals surface area contributed by atoms with E-state index in [2.05, 4.69) is 17.3 Å². The number of piperazine rings is 2. The van der Waals surface area contributed by atoms with Gasteiger partial charge < -0.3 is 9.80 Å². The molecule has 102 valence electrons. The molecule has 19 heavy (non-hydrogen) atoms. The highest BCUT2D eigenvalue weighted by Crippen LogP contribution is 2.25. The van der Waals surface area contributed by atoms with Crippen LogP contribution in [0.2, 0.25) is 0 Å². The molecule has 3 rings (SSSR count). The van der Waals surface area contributed by atoms with Crippen molar-refractivity contribution in [2.45, 2.75) is 12.1 Å². The number of nitrogens with zero attached hydrogens (tertiary/aromatic N) is 2. The molecule has 0 saturated carbocycles. The average Bonchev–Trinajstić information content (AvgIpc) is 2.40. The van der Waals surface area contributed by atoms with Gasteiger partial charge in [0.1, 0.15) is 11.9 Å². The van der Waals surface area contributed by atoms with Crippen molar-refractivity contribution in [3.05, 3.63) is 35.6 Å². The van der Waals surface area contributed by atoms with Crippen LogP contribution in [-0.2, 0) is 4.79 Å². The summed E-state index contributed by atoms with van der Waals surface area (Å²) in [5, 5.41) is 3.19. The summed E-state index contributed by atoms with van der Waals surface area (Å²) in [6.45, 7) is 3.21. The molecule has 0 aliphatic carbocycles. The molecule has 1 amide bonds. The molecule has 4 nitrogen and oxygen atoms in total. The Hall–Kier alpha value is -1.46. The maximum absolute atomic E-state index is 13.8. The average molecular weight is 263 g/mol. The molecular formula is C14H18FN3O. The van der Waals surface area contributed by atoms with Gasteiger partial charge in [0.15, 0.2) is 0 Å². The zero-order valence-electron chi connectivity index (χ0n) is 11.0. The lowest BCUT2D eigenvalue weighted by Crippen LogP contribution is -2.63. The van der Waals surface area contributed by atoms with Crippen molar-refractivity contribution >= 4 is 5.91 Å². The van der Waals surface area contributed by atoms with Crippen LogP contribution in [-0.4, -0.2) is 55.0 Å². The molecule has 2 heterocycles. The minimum absolute atomic E-state index is 0.00514. The van der Waals surface area contributed by atoms with Crippen LogP contribution >= 0.6 is 0 Å². The van der Waals surface area contributed by atoms with E-state index < -0.39 is 6.04 Å². The molecule has 0 radical (unpaired) electrons. The molecule has 2 aliphatic rings. The smallest absolute Gasteiger partial charge is 0.244 e. The molecule has 2 saturated heterocycles. The maximum atomic E-state index is 13.8. The molecule has 0 bridgehead atoms. The number of rotatable bonds is 1. The summed E-state index contributed by atoms with van der Waals surface area (Å²) >= 11 is 0. The quantitative estimate of drug-likeness (QED) is 0.806. The predicted molar refractivity (Wildman–Crippen MR) is 70.1 cm³/mol. The number of carbonyl (C=O) groups excluding carboxylic acids is 1. The third-order valence-corrected chi connectivity index (χ3v) is 3.99. The summed E-state index contributed by atoms with van der Waals surface area (Å²) < 4.78 is 13.8. The molecule has 0 aromatic heterocycles. The molecule has 1 aromatic rings. The van der Waals surface area contributed by atoms with Gasteiger partial charge in [-0.3, -0.25) is 10.1 Å². The van der Waals surface area contributed by atoms with E-state index in [4.69, 9.17) is 0 Å². The SMILES string of the molecule is CN1CCN2C(=O)C(c3ccccc3F)NCC2C1. The van der Waals surface area contributed by atoms with Crippen molar-refractivity contribution in [1.82, 2.24) is 15.1 Å². The molecule has 2 fully saturated rings. The second-order valence-corrected chi connectivity index (χ2v) is 5.31. The zero-order chi connectivity index (χ0) is 13.4. The van der Waals surface area contributed by atoms with Gasteiger partial charge in [-0.15, -0.1) is 0 Å². The number of halogens is 1. The van der Waals surface area contributed by atoms with Gasteiger partial charge in [0, 0.05) is 31.7 Å². The highest BCUT2D eigenvalue weighted by atomic mass is 19.1. The summed E-state index contributed by atoms with van der Waals surface area (Å²) in [5.74, 6) is -0.324. The first-order valence-corrected chi connectivity index (χ1v) is 6.63. The van der Waals surface area contributed by atoms with Crippen molar-refractivity contribution in [3.8, 4) is 0 Å². The van der Waals surface area contributed by atoms with E-state index in [0.29, 0.717) is 5.56 Å². The normalized spacial score (nSPS) is 28.3. The highest BCUT2D eigenvalue weighted by Gasteiger charge is 2.38. The summed E-state index contributed by atoms with van der Waals surface area (Å²) in [7, 11) is 2.06. The Kier molecular flexibility index (Phi) is 3.24. The third-order valence-electron chi connectivity index (χ3n) is 3.99. The minimum Gasteiger partial charge on any atom is -0.334 e. The van der Waals surface area contributed by atoms with Gasteiger partial charge in [-0.2, -0.15) is 0 Å². The topological polar surface area (TPSA) is 35.6 Å². The Labute approximate surface area is 112 Å². The fourth-order valence-corrected chi connectivity index (χ4v) is 2.93. The van der Waals surface area contributed by atoms with E-state index in [1.54, 1.807) is 18.2 Å². The summed E-state index contributed by atoms with van der Waals surface area (Å²) in [6.07, 6.45) is 0. The second-order valence-electron chi connectivity index (χ2n) is 5.31. The van der Waals surface area contributed by atoms with Crippen LogP contribution in [0.5, 0.6) is 0 Å². The van der Waals surface area contributed by atoms with Crippen molar-refractivity contribution in [2.24, 2.45) is 0 Å². The second kappa shape index (κ2) is 4.90. The van der Waals surface area contributed by atoms with Gasteiger partial charge in [0.25, 0.3) is 0 Å². The monoisotopic (exact) mass is 263 g/mol. The first kappa shape index (κ1) is 12.6. The lowest BCUT2D eigenvalue weighted by molar-refractivity contribution is -0.141. The Morgan fingerprint density at radius 1 is 1.32 bits per heavy atom. The summed E-state index contributed by atoms with van der Waals surface area (Å²) in [6, 6.07) is 6.16. The van der Waals surface area contributed by atoms with E-state index in [1.165, 1.54) is 6.07 Å². The van der Waals surface area contributed by atoms with Crippen LogP contribution < -0.4 is 5.32 Å². The predicted octanol–water partition coefficient (Wildman–Crippen LogP) is 0.613. The van der Waals surface area contributed by atoms with E-state index >= 15 is 0 Å². The standard InChI is InChI=1S/C14H18FN3O/c1-17-6-7-18-10(9-17)8-16-13(14(18)19)11-4-2-3-5-12(11)15/h2-5,10,13,16H,6-9H2,1H3. The van der Waals surface area contributed by atoms with Crippen molar-refractivity contribution in [2.75, 3.05) is 33.2 Å². The van der Waals surface area contributed by atoms with Crippen LogP contribution in [0.15, 0.2) is 24.3 Å². The first-order valence-electron chi connectivity index (χ1n) is 6.63. The van der Waals surface area contributed by atoms with Gasteiger partial charge in [-0.1, -0.05) is 18.2 Å². The molecular weight excluding hydrogens is 245 g/mol. The van der Waals surface area contributed by atoms with Crippen LogP contribution in [0.4, 0.5) is 4.39 Å². The number of nitrogens with one attached hydrogen (secondary N) is 1. The van der Waals surface area contributed by atoms with Crippen LogP contribution in [0.25, 0.3) is 0 Å². The fourth-order valence-electron chi connectivity index (χ4n) is 2.93. The molecule has 5 heteroatoms. The Morgan fingerprint density at radius 2 is 2.11 bits per heavy atom. The lowest BCUT2D eigenvalue weighted by atomic mass is 9.99. The van der Waals surface area contributed by atoms with Gasteiger partial charge >= 0.3 is 0 Å². The van der Waals surface area contributed by atoms with Crippen molar-refractivity contribution in [1.29, 1.82) is 0 Å². The van der Waals surface area contributed by atoms with Crippen LogP contribution in [0, 0.1) is 5.82 Å². The molecule has 2 unspecified atom stereocenters. The van der Waals surface area contributed by atoms with E-state index in [-0.39, 0.29) is 17.8 Å². The van der Waals surface area contributed by atoms with E-state index in [9.17, 15) is 9.18 Å². The number of benzene rings is 1. The number of likely N-dealkylation sites (N-methyl/N-ethyl adjacent to an activating group) is 1. The number of carbonyl (C=O) groups is 1. The summed E-state index contributed by atoms with van der Waals surface area (Å²) in [5.41, 5.74) is 0.449. The van der Waals surface area contributed by atoms with Crippen LogP contribution in [0.3, 0.4) is 0 Å². The van der Waals surface area contributed by atoms with Gasteiger partial charge in [-0.05, 0) is 13.1 Å². The molecule has 2 aliphatic heterocycles. The number of amides is 1. The molecule has 2 atom stereocenters. The number of hydrogen-bond donors (Lipinski definition) is 1. The van der Waals surface area contributed by atoms with Crippen molar-refractivity contribution in [3.63, 3.8) is 0 Å². The van der Waals surface area contributed by atoms with Gasteiger partial charge in [0.05, 0.1) is 6.04 Å². The number of hydrogen-bond acceptors (Lipinski definition) is 3. The Bertz CT molecular complexity index is 493. The summed E-state index contributed by atoms with van der Waals surface area (Å²) in [4.78, 5) is 16.6. The zero-order valence-corrected chi connectivity index (χ0v) is 11.0. The fraction of sp³-hybridized carbons (Fsp3) is 0.500. The number of fused-ring (bicyclic) bond motifs is 1. The minimum atomic E-state index is -0.541. The molecule has 1 aromatic carbocycles. The Morgan fingerprint density at radius 3 is 2.89 bits per heavy atom. The molecule has 1 N–H and O–H groups in total. The third kappa shape index (κ3) is 2.24. The van der Waals surface area contributed by atoms with Crippen LogP contribution in [0.1, 0.15) is 11.6 Å². The largest absolute Gasteiger partial charge is 0.334 e.